The number of anilines is 3. The van der Waals surface area contributed by atoms with E-state index >= 15 is 0 Å². The average molecular weight is 744 g/mol. The summed E-state index contributed by atoms with van der Waals surface area (Å²) < 4.78 is 0. The van der Waals surface area contributed by atoms with Gasteiger partial charge in [0.1, 0.15) is 0 Å². The molecule has 0 aliphatic carbocycles. The Hall–Kier alpha value is -7.50. The summed E-state index contributed by atoms with van der Waals surface area (Å²) >= 11 is 0. The lowest BCUT2D eigenvalue weighted by Crippen LogP contribution is -2.30. The van der Waals surface area contributed by atoms with Crippen molar-refractivity contribution in [3.05, 3.63) is 199 Å². The number of rotatable bonds is 5. The van der Waals surface area contributed by atoms with Crippen LogP contribution in [-0.4, -0.2) is 19.9 Å². The van der Waals surface area contributed by atoms with E-state index in [9.17, 15) is 0 Å². The molecule has 0 amide bonds. The van der Waals surface area contributed by atoms with Gasteiger partial charge >= 0.3 is 0 Å². The van der Waals surface area contributed by atoms with E-state index in [4.69, 9.17) is 19.9 Å². The summed E-state index contributed by atoms with van der Waals surface area (Å²) in [5.74, 6) is 0. The van der Waals surface area contributed by atoms with Crippen LogP contribution in [0.1, 0.15) is 25.0 Å². The SMILES string of the molecule is CC1(C)c2ccccc2N(c2ccc(-c3nc4nc(-c5ccc6ccccc6c5)c(-c5ccc6ccccc6c5)nc4nc3-c3ccccc3)cc2)c2ccccc21. The molecule has 0 spiro atoms. The molecule has 5 heteroatoms. The van der Waals surface area contributed by atoms with Crippen molar-refractivity contribution in [3.8, 4) is 45.0 Å². The van der Waals surface area contributed by atoms with Crippen LogP contribution in [0.5, 0.6) is 0 Å². The normalized spacial score (nSPS) is 13.1. The fraction of sp³-hybridized carbons (Fsp3) is 0.0566. The Balaban J connectivity index is 1.10. The summed E-state index contributed by atoms with van der Waals surface area (Å²) in [6, 6.07) is 66.2. The summed E-state index contributed by atoms with van der Waals surface area (Å²) in [7, 11) is 0. The molecule has 0 radical (unpaired) electrons. The van der Waals surface area contributed by atoms with Crippen molar-refractivity contribution in [3.63, 3.8) is 0 Å². The zero-order chi connectivity index (χ0) is 38.8. The summed E-state index contributed by atoms with van der Waals surface area (Å²) in [5.41, 5.74) is 13.8. The van der Waals surface area contributed by atoms with Gasteiger partial charge in [0.05, 0.1) is 34.2 Å². The number of hydrogen-bond donors (Lipinski definition) is 0. The van der Waals surface area contributed by atoms with Gasteiger partial charge in [0.2, 0.25) is 0 Å². The standard InChI is InChI=1S/C53H37N5/c1-53(2)43-20-10-12-22-45(43)58(46-23-13-11-21-44(46)53)42-30-28-37(29-31-42)48-47(36-16-4-3-5-17-36)54-51-52(55-48)57-50(41-27-25-35-15-7-9-19-39(35)33-41)49(56-51)40-26-24-34-14-6-8-18-38(34)32-40/h3-33H,1-2H3. The molecule has 0 N–H and O–H groups in total. The van der Waals surface area contributed by atoms with Gasteiger partial charge in [-0.3, -0.25) is 0 Å². The van der Waals surface area contributed by atoms with E-state index in [-0.39, 0.29) is 5.41 Å². The van der Waals surface area contributed by atoms with Gasteiger partial charge in [-0.15, -0.1) is 0 Å². The molecular weight excluding hydrogens is 707 g/mol. The molecule has 0 saturated carbocycles. The Morgan fingerprint density at radius 3 is 1.22 bits per heavy atom. The first-order valence-electron chi connectivity index (χ1n) is 19.7. The molecule has 2 aromatic heterocycles. The smallest absolute Gasteiger partial charge is 0.199 e. The molecule has 1 aliphatic heterocycles. The second-order valence-electron chi connectivity index (χ2n) is 15.5. The predicted molar refractivity (Wildman–Crippen MR) is 239 cm³/mol. The molecule has 0 fully saturated rings. The summed E-state index contributed by atoms with van der Waals surface area (Å²) in [4.78, 5) is 23.7. The predicted octanol–water partition coefficient (Wildman–Crippen LogP) is 13.5. The zero-order valence-corrected chi connectivity index (χ0v) is 32.1. The molecule has 3 heterocycles. The van der Waals surface area contributed by atoms with Crippen LogP contribution >= 0.6 is 0 Å². The number of nitrogens with zero attached hydrogens (tertiary/aromatic N) is 5. The largest absolute Gasteiger partial charge is 0.310 e. The molecule has 11 rings (SSSR count). The maximum Gasteiger partial charge on any atom is 0.199 e. The second kappa shape index (κ2) is 13.3. The maximum atomic E-state index is 5.34. The van der Waals surface area contributed by atoms with Crippen molar-refractivity contribution in [1.29, 1.82) is 0 Å². The van der Waals surface area contributed by atoms with E-state index in [1.165, 1.54) is 33.3 Å². The number of hydrogen-bond acceptors (Lipinski definition) is 5. The average Bonchev–Trinajstić information content (AvgIpc) is 3.28. The monoisotopic (exact) mass is 743 g/mol. The zero-order valence-electron chi connectivity index (χ0n) is 32.1. The number of aromatic nitrogens is 4. The lowest BCUT2D eigenvalue weighted by atomic mass is 9.73. The molecule has 58 heavy (non-hydrogen) atoms. The molecule has 10 aromatic rings. The minimum Gasteiger partial charge on any atom is -0.310 e. The summed E-state index contributed by atoms with van der Waals surface area (Å²) in [6.45, 7) is 4.63. The van der Waals surface area contributed by atoms with Crippen LogP contribution in [0.3, 0.4) is 0 Å². The first-order valence-corrected chi connectivity index (χ1v) is 19.7. The van der Waals surface area contributed by atoms with E-state index in [0.717, 1.165) is 61.5 Å². The Morgan fingerprint density at radius 2 is 0.724 bits per heavy atom. The molecule has 0 bridgehead atoms. The first kappa shape index (κ1) is 33.8. The van der Waals surface area contributed by atoms with Crippen molar-refractivity contribution < 1.29 is 0 Å². The number of fused-ring (bicyclic) bond motifs is 5. The maximum absolute atomic E-state index is 5.34. The fourth-order valence-electron chi connectivity index (χ4n) is 8.68. The topological polar surface area (TPSA) is 54.8 Å². The van der Waals surface area contributed by atoms with E-state index in [2.05, 4.69) is 189 Å². The highest BCUT2D eigenvalue weighted by Gasteiger charge is 2.36. The van der Waals surface area contributed by atoms with Gasteiger partial charge in [-0.05, 0) is 69.1 Å². The Labute approximate surface area is 337 Å². The van der Waals surface area contributed by atoms with E-state index in [1.54, 1.807) is 0 Å². The highest BCUT2D eigenvalue weighted by molar-refractivity contribution is 5.95. The van der Waals surface area contributed by atoms with E-state index < -0.39 is 0 Å². The molecular formula is C53H37N5. The van der Waals surface area contributed by atoms with Crippen molar-refractivity contribution in [1.82, 2.24) is 19.9 Å². The van der Waals surface area contributed by atoms with Crippen LogP contribution in [0.4, 0.5) is 17.1 Å². The van der Waals surface area contributed by atoms with Crippen molar-refractivity contribution >= 4 is 49.9 Å². The fourth-order valence-corrected chi connectivity index (χ4v) is 8.68. The lowest BCUT2D eigenvalue weighted by molar-refractivity contribution is 0.632. The Bertz CT molecular complexity index is 3160. The minimum atomic E-state index is -0.129. The Kier molecular flexibility index (Phi) is 7.76. The molecule has 0 unspecified atom stereocenters. The second-order valence-corrected chi connectivity index (χ2v) is 15.5. The lowest BCUT2D eigenvalue weighted by Gasteiger charge is -2.42. The van der Waals surface area contributed by atoms with Gasteiger partial charge in [-0.2, -0.15) is 0 Å². The van der Waals surface area contributed by atoms with Crippen LogP contribution in [0, 0.1) is 0 Å². The van der Waals surface area contributed by atoms with Gasteiger partial charge in [0.25, 0.3) is 0 Å². The molecule has 8 aromatic carbocycles. The highest BCUT2D eigenvalue weighted by atomic mass is 15.2. The van der Waals surface area contributed by atoms with Crippen LogP contribution in [0.25, 0.3) is 77.9 Å². The molecule has 1 aliphatic rings. The van der Waals surface area contributed by atoms with Crippen LogP contribution in [0.15, 0.2) is 188 Å². The van der Waals surface area contributed by atoms with Crippen molar-refractivity contribution in [2.75, 3.05) is 4.90 Å². The van der Waals surface area contributed by atoms with Gasteiger partial charge in [-0.25, -0.2) is 19.9 Å². The first-order chi connectivity index (χ1) is 28.5. The third kappa shape index (κ3) is 5.54. The third-order valence-electron chi connectivity index (χ3n) is 11.6. The van der Waals surface area contributed by atoms with Crippen molar-refractivity contribution in [2.45, 2.75) is 19.3 Å². The summed E-state index contributed by atoms with van der Waals surface area (Å²) in [6.07, 6.45) is 0. The van der Waals surface area contributed by atoms with Gasteiger partial charge in [-0.1, -0.05) is 166 Å². The number of benzene rings is 8. The summed E-state index contributed by atoms with van der Waals surface area (Å²) in [5, 5.41) is 4.62. The van der Waals surface area contributed by atoms with E-state index in [0.29, 0.717) is 11.3 Å². The molecule has 0 saturated heterocycles. The van der Waals surface area contributed by atoms with Gasteiger partial charge in [0, 0.05) is 33.4 Å². The van der Waals surface area contributed by atoms with E-state index in [1.807, 2.05) is 18.2 Å². The van der Waals surface area contributed by atoms with Crippen molar-refractivity contribution in [2.24, 2.45) is 0 Å². The number of para-hydroxylation sites is 2. The van der Waals surface area contributed by atoms with Crippen LogP contribution in [-0.2, 0) is 5.41 Å². The molecule has 5 nitrogen and oxygen atoms in total. The van der Waals surface area contributed by atoms with Crippen LogP contribution in [0.2, 0.25) is 0 Å². The minimum absolute atomic E-state index is 0.129. The van der Waals surface area contributed by atoms with Gasteiger partial charge in [0.15, 0.2) is 11.3 Å². The molecule has 0 atom stereocenters. The van der Waals surface area contributed by atoms with Gasteiger partial charge < -0.3 is 4.90 Å². The third-order valence-corrected chi connectivity index (χ3v) is 11.6. The quantitative estimate of drug-likeness (QED) is 0.176. The molecule has 274 valence electrons. The van der Waals surface area contributed by atoms with Crippen LogP contribution < -0.4 is 4.90 Å². The Morgan fingerprint density at radius 1 is 0.345 bits per heavy atom. The highest BCUT2D eigenvalue weighted by Crippen LogP contribution is 2.51.